The SMILES string of the molecule is CCCNS(=O)(=O)N(CCCN)c1ccccc1. The lowest BCUT2D eigenvalue weighted by molar-refractivity contribution is 0.574. The molecule has 18 heavy (non-hydrogen) atoms. The number of rotatable bonds is 8. The van der Waals surface area contributed by atoms with Crippen molar-refractivity contribution < 1.29 is 8.42 Å². The molecular formula is C12H21N3O2S. The van der Waals surface area contributed by atoms with Gasteiger partial charge in [-0.2, -0.15) is 13.1 Å². The van der Waals surface area contributed by atoms with Gasteiger partial charge in [-0.05, 0) is 31.5 Å². The molecule has 102 valence electrons. The maximum Gasteiger partial charge on any atom is 0.301 e. The molecular weight excluding hydrogens is 250 g/mol. The Morgan fingerprint density at radius 2 is 1.94 bits per heavy atom. The fraction of sp³-hybridized carbons (Fsp3) is 0.500. The summed E-state index contributed by atoms with van der Waals surface area (Å²) in [4.78, 5) is 0. The molecule has 0 bridgehead atoms. The van der Waals surface area contributed by atoms with Crippen LogP contribution >= 0.6 is 0 Å². The van der Waals surface area contributed by atoms with Crippen molar-refractivity contribution in [1.82, 2.24) is 4.72 Å². The number of hydrogen-bond acceptors (Lipinski definition) is 3. The molecule has 3 N–H and O–H groups in total. The smallest absolute Gasteiger partial charge is 0.301 e. The maximum atomic E-state index is 12.2. The Balaban J connectivity index is 2.91. The van der Waals surface area contributed by atoms with Crippen LogP contribution in [0.4, 0.5) is 5.69 Å². The first-order valence-electron chi connectivity index (χ1n) is 6.14. The van der Waals surface area contributed by atoms with Gasteiger partial charge in [-0.1, -0.05) is 25.1 Å². The van der Waals surface area contributed by atoms with Crippen LogP contribution in [0.25, 0.3) is 0 Å². The zero-order chi connectivity index (χ0) is 13.4. The standard InChI is InChI=1S/C12H21N3O2S/c1-2-10-14-18(16,17)15(11-6-9-13)12-7-4-3-5-8-12/h3-5,7-8,14H,2,6,9-11,13H2,1H3. The maximum absolute atomic E-state index is 12.2. The van der Waals surface area contributed by atoms with Crippen molar-refractivity contribution in [3.05, 3.63) is 30.3 Å². The molecule has 1 aromatic rings. The van der Waals surface area contributed by atoms with Gasteiger partial charge in [0.2, 0.25) is 0 Å². The summed E-state index contributed by atoms with van der Waals surface area (Å²) in [6.07, 6.45) is 1.39. The van der Waals surface area contributed by atoms with Gasteiger partial charge in [0.05, 0.1) is 5.69 Å². The van der Waals surface area contributed by atoms with Crippen molar-refractivity contribution in [1.29, 1.82) is 0 Å². The molecule has 0 aliphatic heterocycles. The van der Waals surface area contributed by atoms with Gasteiger partial charge in [0.25, 0.3) is 0 Å². The minimum absolute atomic E-state index is 0.388. The second-order valence-corrected chi connectivity index (χ2v) is 5.63. The molecule has 1 rings (SSSR count). The van der Waals surface area contributed by atoms with E-state index in [-0.39, 0.29) is 0 Å². The van der Waals surface area contributed by atoms with E-state index in [1.807, 2.05) is 25.1 Å². The van der Waals surface area contributed by atoms with Crippen LogP contribution in [0.15, 0.2) is 30.3 Å². The van der Waals surface area contributed by atoms with Gasteiger partial charge >= 0.3 is 10.2 Å². The average Bonchev–Trinajstić information content (AvgIpc) is 2.38. The summed E-state index contributed by atoms with van der Waals surface area (Å²) >= 11 is 0. The van der Waals surface area contributed by atoms with Crippen molar-refractivity contribution in [2.45, 2.75) is 19.8 Å². The van der Waals surface area contributed by atoms with Crippen molar-refractivity contribution >= 4 is 15.9 Å². The van der Waals surface area contributed by atoms with Crippen LogP contribution in [0.2, 0.25) is 0 Å². The van der Waals surface area contributed by atoms with Gasteiger partial charge in [0, 0.05) is 13.1 Å². The van der Waals surface area contributed by atoms with E-state index in [1.165, 1.54) is 4.31 Å². The van der Waals surface area contributed by atoms with Crippen LogP contribution in [-0.2, 0) is 10.2 Å². The summed E-state index contributed by atoms with van der Waals surface area (Å²) in [6, 6.07) is 9.06. The molecule has 0 saturated carbocycles. The van der Waals surface area contributed by atoms with E-state index < -0.39 is 10.2 Å². The summed E-state index contributed by atoms with van der Waals surface area (Å²) in [5.74, 6) is 0. The largest absolute Gasteiger partial charge is 0.330 e. The molecule has 0 aromatic heterocycles. The zero-order valence-electron chi connectivity index (χ0n) is 10.7. The van der Waals surface area contributed by atoms with Gasteiger partial charge < -0.3 is 5.73 Å². The van der Waals surface area contributed by atoms with Crippen LogP contribution in [0, 0.1) is 0 Å². The van der Waals surface area contributed by atoms with Crippen molar-refractivity contribution in [2.24, 2.45) is 5.73 Å². The molecule has 0 atom stereocenters. The average molecular weight is 271 g/mol. The number of benzene rings is 1. The normalized spacial score (nSPS) is 11.4. The lowest BCUT2D eigenvalue weighted by Gasteiger charge is -2.24. The Morgan fingerprint density at radius 3 is 2.50 bits per heavy atom. The minimum atomic E-state index is -3.48. The topological polar surface area (TPSA) is 75.4 Å². The molecule has 6 heteroatoms. The van der Waals surface area contributed by atoms with E-state index in [0.29, 0.717) is 31.7 Å². The predicted molar refractivity (Wildman–Crippen MR) is 74.7 cm³/mol. The number of nitrogens with two attached hydrogens (primary N) is 1. The fourth-order valence-electron chi connectivity index (χ4n) is 1.53. The molecule has 0 radical (unpaired) electrons. The van der Waals surface area contributed by atoms with Gasteiger partial charge in [-0.3, -0.25) is 4.31 Å². The van der Waals surface area contributed by atoms with Gasteiger partial charge in [-0.15, -0.1) is 0 Å². The first kappa shape index (κ1) is 14.9. The molecule has 1 aromatic carbocycles. The van der Waals surface area contributed by atoms with E-state index >= 15 is 0 Å². The Hall–Kier alpha value is -1.11. The van der Waals surface area contributed by atoms with Gasteiger partial charge in [0.15, 0.2) is 0 Å². The van der Waals surface area contributed by atoms with E-state index in [9.17, 15) is 8.42 Å². The number of para-hydroxylation sites is 1. The summed E-state index contributed by atoms with van der Waals surface area (Å²) in [5.41, 5.74) is 6.12. The summed E-state index contributed by atoms with van der Waals surface area (Å²) in [7, 11) is -3.48. The third-order valence-corrected chi connectivity index (χ3v) is 3.98. The number of hydrogen-bond donors (Lipinski definition) is 2. The number of anilines is 1. The molecule has 0 fully saturated rings. The van der Waals surface area contributed by atoms with Crippen LogP contribution in [-0.4, -0.2) is 28.1 Å². The first-order chi connectivity index (χ1) is 8.61. The van der Waals surface area contributed by atoms with Crippen LogP contribution in [0.1, 0.15) is 19.8 Å². The van der Waals surface area contributed by atoms with Crippen molar-refractivity contribution in [3.63, 3.8) is 0 Å². The molecule has 0 spiro atoms. The van der Waals surface area contributed by atoms with E-state index in [1.54, 1.807) is 12.1 Å². The lowest BCUT2D eigenvalue weighted by atomic mass is 10.3. The Bertz CT molecular complexity index is 434. The highest BCUT2D eigenvalue weighted by molar-refractivity contribution is 7.90. The zero-order valence-corrected chi connectivity index (χ0v) is 11.5. The van der Waals surface area contributed by atoms with Crippen molar-refractivity contribution in [3.8, 4) is 0 Å². The molecule has 0 aliphatic rings. The minimum Gasteiger partial charge on any atom is -0.330 e. The lowest BCUT2D eigenvalue weighted by Crippen LogP contribution is -2.42. The first-order valence-corrected chi connectivity index (χ1v) is 7.58. The Morgan fingerprint density at radius 1 is 1.28 bits per heavy atom. The monoisotopic (exact) mass is 271 g/mol. The van der Waals surface area contributed by atoms with Gasteiger partial charge in [-0.25, -0.2) is 0 Å². The predicted octanol–water partition coefficient (Wildman–Crippen LogP) is 1.09. The van der Waals surface area contributed by atoms with E-state index in [2.05, 4.69) is 4.72 Å². The second kappa shape index (κ2) is 7.35. The Kier molecular flexibility index (Phi) is 6.11. The summed E-state index contributed by atoms with van der Waals surface area (Å²) < 4.78 is 28.3. The number of nitrogens with one attached hydrogen (secondary N) is 1. The second-order valence-electron chi connectivity index (χ2n) is 3.95. The quantitative estimate of drug-likeness (QED) is 0.743. The highest BCUT2D eigenvalue weighted by atomic mass is 32.2. The molecule has 0 aliphatic carbocycles. The Labute approximate surface area is 109 Å². The highest BCUT2D eigenvalue weighted by Gasteiger charge is 2.20. The highest BCUT2D eigenvalue weighted by Crippen LogP contribution is 2.16. The molecule has 0 heterocycles. The fourth-order valence-corrected chi connectivity index (χ4v) is 2.91. The third-order valence-electron chi connectivity index (χ3n) is 2.43. The molecule has 0 unspecified atom stereocenters. The van der Waals surface area contributed by atoms with E-state index in [0.717, 1.165) is 6.42 Å². The van der Waals surface area contributed by atoms with E-state index in [4.69, 9.17) is 5.73 Å². The third kappa shape index (κ3) is 4.29. The summed E-state index contributed by atoms with van der Waals surface area (Å²) in [5, 5.41) is 0. The van der Waals surface area contributed by atoms with Crippen LogP contribution in [0.5, 0.6) is 0 Å². The van der Waals surface area contributed by atoms with Crippen LogP contribution < -0.4 is 14.8 Å². The summed E-state index contributed by atoms with van der Waals surface area (Å²) in [6.45, 7) is 3.22. The van der Waals surface area contributed by atoms with Gasteiger partial charge in [0.1, 0.15) is 0 Å². The molecule has 0 amide bonds. The van der Waals surface area contributed by atoms with Crippen LogP contribution in [0.3, 0.4) is 0 Å². The number of nitrogens with zero attached hydrogens (tertiary/aromatic N) is 1. The molecule has 5 nitrogen and oxygen atoms in total. The molecule has 0 saturated heterocycles. The van der Waals surface area contributed by atoms with Crippen molar-refractivity contribution in [2.75, 3.05) is 23.9 Å².